The molecule has 23 heavy (non-hydrogen) atoms. The molecule has 0 rings (SSSR count). The zero-order chi connectivity index (χ0) is 18.5. The van der Waals surface area contributed by atoms with E-state index in [9.17, 15) is 18.3 Å². The number of nitrogens with one attached hydrogen (secondary N) is 1. The van der Waals surface area contributed by atoms with Crippen molar-refractivity contribution in [1.82, 2.24) is 5.32 Å². The van der Waals surface area contributed by atoms with Gasteiger partial charge >= 0.3 is 0 Å². The third-order valence-corrected chi connectivity index (χ3v) is 5.99. The fourth-order valence-corrected chi connectivity index (χ4v) is 3.07. The SMILES string of the molecule is CCC(C)(C)CC(CO)(C(=O)NCCS(=O)(=O)O)C(C)(C)CC. The first-order chi connectivity index (χ1) is 10.3. The summed E-state index contributed by atoms with van der Waals surface area (Å²) in [6.07, 6.45) is 2.04. The third kappa shape index (κ3) is 6.04. The quantitative estimate of drug-likeness (QED) is 0.524. The number of rotatable bonds is 10. The normalized spacial score (nSPS) is 16.0. The first kappa shape index (κ1) is 22.3. The van der Waals surface area contributed by atoms with E-state index < -0.39 is 26.7 Å². The first-order valence-corrected chi connectivity index (χ1v) is 9.72. The lowest BCUT2D eigenvalue weighted by molar-refractivity contribution is -0.147. The van der Waals surface area contributed by atoms with Crippen LogP contribution in [-0.2, 0) is 14.9 Å². The predicted octanol–water partition coefficient (Wildman–Crippen LogP) is 2.23. The molecule has 138 valence electrons. The monoisotopic (exact) mass is 351 g/mol. The molecule has 0 spiro atoms. The first-order valence-electron chi connectivity index (χ1n) is 8.11. The van der Waals surface area contributed by atoms with Crippen LogP contribution in [0.3, 0.4) is 0 Å². The van der Waals surface area contributed by atoms with Crippen molar-refractivity contribution < 1.29 is 22.9 Å². The van der Waals surface area contributed by atoms with Gasteiger partial charge < -0.3 is 10.4 Å². The molecule has 6 nitrogen and oxygen atoms in total. The Bertz CT molecular complexity index is 499. The Kier molecular flexibility index (Phi) is 7.71. The Morgan fingerprint density at radius 2 is 1.61 bits per heavy atom. The van der Waals surface area contributed by atoms with Gasteiger partial charge in [0.15, 0.2) is 0 Å². The summed E-state index contributed by atoms with van der Waals surface area (Å²) in [4.78, 5) is 12.8. The van der Waals surface area contributed by atoms with E-state index >= 15 is 0 Å². The maximum Gasteiger partial charge on any atom is 0.266 e. The second-order valence-corrected chi connectivity index (χ2v) is 9.29. The van der Waals surface area contributed by atoms with Gasteiger partial charge in [0.1, 0.15) is 0 Å². The van der Waals surface area contributed by atoms with Gasteiger partial charge in [-0.3, -0.25) is 9.35 Å². The highest BCUT2D eigenvalue weighted by Crippen LogP contribution is 2.49. The van der Waals surface area contributed by atoms with Crippen molar-refractivity contribution in [2.75, 3.05) is 18.9 Å². The second-order valence-electron chi connectivity index (χ2n) is 7.71. The van der Waals surface area contributed by atoms with Crippen LogP contribution in [0.5, 0.6) is 0 Å². The highest BCUT2D eigenvalue weighted by atomic mass is 32.2. The summed E-state index contributed by atoms with van der Waals surface area (Å²) < 4.78 is 30.4. The molecular formula is C16H33NO5S. The highest BCUT2D eigenvalue weighted by Gasteiger charge is 2.51. The molecule has 0 radical (unpaired) electrons. The second kappa shape index (κ2) is 7.94. The average molecular weight is 352 g/mol. The third-order valence-electron chi connectivity index (χ3n) is 5.27. The van der Waals surface area contributed by atoms with Crippen LogP contribution < -0.4 is 5.32 Å². The predicted molar refractivity (Wildman–Crippen MR) is 91.7 cm³/mol. The fraction of sp³-hybridized carbons (Fsp3) is 0.938. The molecule has 0 aliphatic carbocycles. The lowest BCUT2D eigenvalue weighted by Gasteiger charge is -2.47. The number of hydrogen-bond acceptors (Lipinski definition) is 4. The minimum atomic E-state index is -4.13. The molecular weight excluding hydrogens is 318 g/mol. The van der Waals surface area contributed by atoms with Gasteiger partial charge in [0.25, 0.3) is 10.1 Å². The molecule has 1 atom stereocenters. The average Bonchev–Trinajstić information content (AvgIpc) is 2.43. The number of carbonyl (C=O) groups excluding carboxylic acids is 1. The Labute approximate surface area is 140 Å². The smallest absolute Gasteiger partial charge is 0.266 e. The maximum atomic E-state index is 12.8. The van der Waals surface area contributed by atoms with Crippen molar-refractivity contribution >= 4 is 16.0 Å². The molecule has 0 aliphatic rings. The number of carbonyl (C=O) groups is 1. The molecule has 0 saturated carbocycles. The van der Waals surface area contributed by atoms with Gasteiger partial charge in [-0.2, -0.15) is 8.42 Å². The topological polar surface area (TPSA) is 104 Å². The van der Waals surface area contributed by atoms with Crippen molar-refractivity contribution in [3.05, 3.63) is 0 Å². The molecule has 0 aromatic rings. The molecule has 0 aromatic heterocycles. The summed E-state index contributed by atoms with van der Waals surface area (Å²) in [5.74, 6) is -0.902. The van der Waals surface area contributed by atoms with E-state index in [0.29, 0.717) is 12.8 Å². The van der Waals surface area contributed by atoms with Crippen LogP contribution in [0.15, 0.2) is 0 Å². The van der Waals surface area contributed by atoms with Gasteiger partial charge in [-0.05, 0) is 23.7 Å². The maximum absolute atomic E-state index is 12.8. The molecule has 3 N–H and O–H groups in total. The molecule has 1 amide bonds. The summed E-state index contributed by atoms with van der Waals surface area (Å²) in [5.41, 5.74) is -1.62. The number of aliphatic hydroxyl groups excluding tert-OH is 1. The van der Waals surface area contributed by atoms with Crippen LogP contribution in [0.1, 0.15) is 60.8 Å². The summed E-state index contributed by atoms with van der Waals surface area (Å²) in [6, 6.07) is 0. The zero-order valence-corrected chi connectivity index (χ0v) is 16.1. The van der Waals surface area contributed by atoms with E-state index in [2.05, 4.69) is 19.2 Å². The van der Waals surface area contributed by atoms with Crippen molar-refractivity contribution in [2.24, 2.45) is 16.2 Å². The van der Waals surface area contributed by atoms with Gasteiger partial charge in [-0.1, -0.05) is 48.0 Å². The van der Waals surface area contributed by atoms with Crippen LogP contribution >= 0.6 is 0 Å². The fourth-order valence-electron chi connectivity index (χ4n) is 2.71. The van der Waals surface area contributed by atoms with Crippen LogP contribution in [0, 0.1) is 16.2 Å². The van der Waals surface area contributed by atoms with Gasteiger partial charge in [0.2, 0.25) is 5.91 Å². The van der Waals surface area contributed by atoms with Crippen molar-refractivity contribution in [3.63, 3.8) is 0 Å². The van der Waals surface area contributed by atoms with Gasteiger partial charge in [-0.15, -0.1) is 0 Å². The molecule has 0 fully saturated rings. The molecule has 0 heterocycles. The summed E-state index contributed by atoms with van der Waals surface area (Å²) in [5, 5.41) is 12.7. The standard InChI is InChI=1S/C16H33NO5S/c1-7-14(3,4)11-16(12-18,15(5,6)8-2)13(19)17-9-10-23(20,21)22/h18H,7-12H2,1-6H3,(H,17,19)(H,20,21,22). The van der Waals surface area contributed by atoms with Gasteiger partial charge in [0.05, 0.1) is 17.8 Å². The number of hydrogen-bond donors (Lipinski definition) is 3. The van der Waals surface area contributed by atoms with E-state index in [1.807, 2.05) is 27.7 Å². The van der Waals surface area contributed by atoms with Gasteiger partial charge in [0, 0.05) is 6.54 Å². The molecule has 7 heteroatoms. The highest BCUT2D eigenvalue weighted by molar-refractivity contribution is 7.85. The Balaban J connectivity index is 5.53. The molecule has 1 unspecified atom stereocenters. The largest absolute Gasteiger partial charge is 0.395 e. The van der Waals surface area contributed by atoms with E-state index in [4.69, 9.17) is 4.55 Å². The van der Waals surface area contributed by atoms with Crippen LogP contribution in [0.2, 0.25) is 0 Å². The Hall–Kier alpha value is -0.660. The van der Waals surface area contributed by atoms with Gasteiger partial charge in [-0.25, -0.2) is 0 Å². The Morgan fingerprint density at radius 1 is 1.09 bits per heavy atom. The Morgan fingerprint density at radius 3 is 1.96 bits per heavy atom. The van der Waals surface area contributed by atoms with Crippen LogP contribution in [-0.4, -0.2) is 42.9 Å². The zero-order valence-electron chi connectivity index (χ0n) is 15.3. The summed E-state index contributed by atoms with van der Waals surface area (Å²) in [6.45, 7) is 11.5. The molecule has 0 saturated heterocycles. The van der Waals surface area contributed by atoms with Crippen LogP contribution in [0.25, 0.3) is 0 Å². The minimum Gasteiger partial charge on any atom is -0.395 e. The molecule has 0 aromatic carbocycles. The minimum absolute atomic E-state index is 0.143. The van der Waals surface area contributed by atoms with E-state index in [-0.39, 0.29) is 24.5 Å². The molecule has 0 bridgehead atoms. The van der Waals surface area contributed by atoms with Crippen molar-refractivity contribution in [2.45, 2.75) is 60.8 Å². The molecule has 0 aliphatic heterocycles. The number of aliphatic hydroxyl groups is 1. The van der Waals surface area contributed by atoms with Crippen molar-refractivity contribution in [1.29, 1.82) is 0 Å². The number of amides is 1. The van der Waals surface area contributed by atoms with E-state index in [0.717, 1.165) is 6.42 Å². The lowest BCUT2D eigenvalue weighted by atomic mass is 9.57. The lowest BCUT2D eigenvalue weighted by Crippen LogP contribution is -2.55. The van der Waals surface area contributed by atoms with E-state index in [1.54, 1.807) is 0 Å². The van der Waals surface area contributed by atoms with Crippen LogP contribution in [0.4, 0.5) is 0 Å². The summed E-state index contributed by atoms with van der Waals surface area (Å²) >= 11 is 0. The van der Waals surface area contributed by atoms with E-state index in [1.165, 1.54) is 0 Å². The summed E-state index contributed by atoms with van der Waals surface area (Å²) in [7, 11) is -4.13. The van der Waals surface area contributed by atoms with Crippen molar-refractivity contribution in [3.8, 4) is 0 Å².